The highest BCUT2D eigenvalue weighted by Crippen LogP contribution is 2.18. The van der Waals surface area contributed by atoms with Crippen LogP contribution >= 0.6 is 0 Å². The predicted octanol–water partition coefficient (Wildman–Crippen LogP) is 2.92. The van der Waals surface area contributed by atoms with Crippen molar-refractivity contribution in [3.05, 3.63) is 59.4 Å². The summed E-state index contributed by atoms with van der Waals surface area (Å²) in [6.45, 7) is 3.96. The van der Waals surface area contributed by atoms with Crippen LogP contribution in [0.15, 0.2) is 42.7 Å². The van der Waals surface area contributed by atoms with E-state index in [9.17, 15) is 4.79 Å². The van der Waals surface area contributed by atoms with Gasteiger partial charge in [-0.15, -0.1) is 0 Å². The van der Waals surface area contributed by atoms with Crippen LogP contribution < -0.4 is 10.6 Å². The number of nitrogens with zero attached hydrogens (tertiary/aromatic N) is 1. The first-order chi connectivity index (χ1) is 9.61. The van der Waals surface area contributed by atoms with Gasteiger partial charge in [0, 0.05) is 25.1 Å². The van der Waals surface area contributed by atoms with E-state index in [4.69, 9.17) is 0 Å². The largest absolute Gasteiger partial charge is 0.387 e. The van der Waals surface area contributed by atoms with Gasteiger partial charge < -0.3 is 10.6 Å². The molecule has 20 heavy (non-hydrogen) atoms. The number of nitrogens with one attached hydrogen (secondary N) is 2. The topological polar surface area (TPSA) is 54.0 Å². The van der Waals surface area contributed by atoms with Gasteiger partial charge in [0.15, 0.2) is 0 Å². The standard InChI is InChI=1S/C16H19N3O/c1-11-4-5-14(15(10-11)17-3)16(20)19-12(2)13-6-8-18-9-7-13/h4-10,12,17H,1-3H3,(H,19,20). The fraction of sp³-hybridized carbons (Fsp3) is 0.250. The van der Waals surface area contributed by atoms with Crippen LogP contribution in [-0.4, -0.2) is 17.9 Å². The van der Waals surface area contributed by atoms with Gasteiger partial charge >= 0.3 is 0 Å². The predicted molar refractivity (Wildman–Crippen MR) is 80.8 cm³/mol. The van der Waals surface area contributed by atoms with Gasteiger partial charge in [0.1, 0.15) is 0 Å². The third kappa shape index (κ3) is 3.15. The molecule has 0 bridgehead atoms. The van der Waals surface area contributed by atoms with Crippen molar-refractivity contribution in [1.82, 2.24) is 10.3 Å². The molecule has 1 amide bonds. The number of benzene rings is 1. The van der Waals surface area contributed by atoms with E-state index >= 15 is 0 Å². The molecule has 0 fully saturated rings. The molecule has 0 spiro atoms. The van der Waals surface area contributed by atoms with Crippen molar-refractivity contribution >= 4 is 11.6 Å². The number of hydrogen-bond donors (Lipinski definition) is 2. The maximum Gasteiger partial charge on any atom is 0.253 e. The van der Waals surface area contributed by atoms with Crippen LogP contribution in [0.25, 0.3) is 0 Å². The van der Waals surface area contributed by atoms with E-state index in [1.165, 1.54) is 0 Å². The van der Waals surface area contributed by atoms with Gasteiger partial charge in [0.25, 0.3) is 5.91 Å². The molecule has 2 rings (SSSR count). The molecule has 1 aromatic heterocycles. The summed E-state index contributed by atoms with van der Waals surface area (Å²) in [5, 5.41) is 6.06. The molecule has 1 unspecified atom stereocenters. The Labute approximate surface area is 119 Å². The molecule has 0 aliphatic heterocycles. The van der Waals surface area contributed by atoms with Gasteiger partial charge in [0.2, 0.25) is 0 Å². The smallest absolute Gasteiger partial charge is 0.253 e. The van der Waals surface area contributed by atoms with Gasteiger partial charge in [0.05, 0.1) is 11.6 Å². The lowest BCUT2D eigenvalue weighted by atomic mass is 10.1. The Bertz CT molecular complexity index is 596. The fourth-order valence-corrected chi connectivity index (χ4v) is 2.07. The summed E-state index contributed by atoms with van der Waals surface area (Å²) in [4.78, 5) is 16.3. The first-order valence-electron chi connectivity index (χ1n) is 6.61. The van der Waals surface area contributed by atoms with Crippen LogP contribution in [0.5, 0.6) is 0 Å². The minimum absolute atomic E-state index is 0.0588. The van der Waals surface area contributed by atoms with Gasteiger partial charge in [-0.3, -0.25) is 9.78 Å². The number of carbonyl (C=O) groups is 1. The Balaban J connectivity index is 2.16. The zero-order valence-corrected chi connectivity index (χ0v) is 12.0. The van der Waals surface area contributed by atoms with Crippen LogP contribution in [0.3, 0.4) is 0 Å². The van der Waals surface area contributed by atoms with E-state index < -0.39 is 0 Å². The van der Waals surface area contributed by atoms with Crippen LogP contribution in [-0.2, 0) is 0 Å². The molecule has 0 aliphatic carbocycles. The molecule has 4 nitrogen and oxygen atoms in total. The summed E-state index contributed by atoms with van der Waals surface area (Å²) in [7, 11) is 1.82. The Morgan fingerprint density at radius 2 is 1.90 bits per heavy atom. The second kappa shape index (κ2) is 6.19. The van der Waals surface area contributed by atoms with Crippen molar-refractivity contribution in [2.75, 3.05) is 12.4 Å². The Morgan fingerprint density at radius 1 is 1.20 bits per heavy atom. The van der Waals surface area contributed by atoms with Crippen molar-refractivity contribution in [3.63, 3.8) is 0 Å². The first kappa shape index (κ1) is 14.1. The molecular formula is C16H19N3O. The highest BCUT2D eigenvalue weighted by Gasteiger charge is 2.14. The number of anilines is 1. The molecule has 0 aliphatic rings. The van der Waals surface area contributed by atoms with Crippen LogP contribution in [0.4, 0.5) is 5.69 Å². The Hall–Kier alpha value is -2.36. The quantitative estimate of drug-likeness (QED) is 0.897. The van der Waals surface area contributed by atoms with Crippen LogP contribution in [0, 0.1) is 6.92 Å². The summed E-state index contributed by atoms with van der Waals surface area (Å²) in [5.74, 6) is -0.0846. The number of carbonyl (C=O) groups excluding carboxylic acids is 1. The van der Waals surface area contributed by atoms with E-state index in [1.807, 2.05) is 51.2 Å². The van der Waals surface area contributed by atoms with Gasteiger partial charge in [-0.25, -0.2) is 0 Å². The summed E-state index contributed by atoms with van der Waals surface area (Å²) < 4.78 is 0. The number of pyridine rings is 1. The van der Waals surface area contributed by atoms with Gasteiger partial charge in [-0.2, -0.15) is 0 Å². The number of rotatable bonds is 4. The van der Waals surface area contributed by atoms with Crippen molar-refractivity contribution in [1.29, 1.82) is 0 Å². The maximum absolute atomic E-state index is 12.4. The Morgan fingerprint density at radius 3 is 2.55 bits per heavy atom. The summed E-state index contributed by atoms with van der Waals surface area (Å²) >= 11 is 0. The first-order valence-corrected chi connectivity index (χ1v) is 6.61. The third-order valence-corrected chi connectivity index (χ3v) is 3.24. The second-order valence-electron chi connectivity index (χ2n) is 4.77. The molecular weight excluding hydrogens is 250 g/mol. The monoisotopic (exact) mass is 269 g/mol. The number of hydrogen-bond acceptors (Lipinski definition) is 3. The summed E-state index contributed by atoms with van der Waals surface area (Å²) in [6, 6.07) is 9.49. The number of amides is 1. The van der Waals surface area contributed by atoms with E-state index in [1.54, 1.807) is 12.4 Å². The molecule has 4 heteroatoms. The molecule has 1 heterocycles. The summed E-state index contributed by atoms with van der Waals surface area (Å²) in [5.41, 5.74) is 3.64. The number of aryl methyl sites for hydroxylation is 1. The van der Waals surface area contributed by atoms with E-state index in [0.717, 1.165) is 16.8 Å². The summed E-state index contributed by atoms with van der Waals surface area (Å²) in [6.07, 6.45) is 3.45. The Kier molecular flexibility index (Phi) is 4.35. The number of aromatic nitrogens is 1. The van der Waals surface area contributed by atoms with Crippen molar-refractivity contribution in [3.8, 4) is 0 Å². The second-order valence-corrected chi connectivity index (χ2v) is 4.77. The van der Waals surface area contributed by atoms with Crippen molar-refractivity contribution < 1.29 is 4.79 Å². The molecule has 2 N–H and O–H groups in total. The minimum atomic E-state index is -0.0846. The zero-order chi connectivity index (χ0) is 14.5. The highest BCUT2D eigenvalue weighted by atomic mass is 16.1. The normalized spacial score (nSPS) is 11.8. The lowest BCUT2D eigenvalue weighted by Crippen LogP contribution is -2.27. The third-order valence-electron chi connectivity index (χ3n) is 3.24. The maximum atomic E-state index is 12.4. The molecule has 2 aromatic rings. The SMILES string of the molecule is CNc1cc(C)ccc1C(=O)NC(C)c1ccncc1. The van der Waals surface area contributed by atoms with Crippen molar-refractivity contribution in [2.24, 2.45) is 0 Å². The van der Waals surface area contributed by atoms with Crippen LogP contribution in [0.2, 0.25) is 0 Å². The average molecular weight is 269 g/mol. The molecule has 1 atom stereocenters. The average Bonchev–Trinajstić information content (AvgIpc) is 2.47. The molecule has 1 aromatic carbocycles. The highest BCUT2D eigenvalue weighted by molar-refractivity contribution is 5.99. The van der Waals surface area contributed by atoms with Gasteiger partial charge in [-0.1, -0.05) is 6.07 Å². The van der Waals surface area contributed by atoms with Gasteiger partial charge in [-0.05, 0) is 49.2 Å². The lowest BCUT2D eigenvalue weighted by molar-refractivity contribution is 0.0940. The molecule has 0 saturated heterocycles. The van der Waals surface area contributed by atoms with E-state index in [2.05, 4.69) is 15.6 Å². The fourth-order valence-electron chi connectivity index (χ4n) is 2.07. The lowest BCUT2D eigenvalue weighted by Gasteiger charge is -2.16. The minimum Gasteiger partial charge on any atom is -0.387 e. The molecule has 0 radical (unpaired) electrons. The van der Waals surface area contributed by atoms with Crippen LogP contribution in [0.1, 0.15) is 34.5 Å². The zero-order valence-electron chi connectivity index (χ0n) is 12.0. The van der Waals surface area contributed by atoms with E-state index in [-0.39, 0.29) is 11.9 Å². The molecule has 104 valence electrons. The molecule has 0 saturated carbocycles. The van der Waals surface area contributed by atoms with Crippen molar-refractivity contribution in [2.45, 2.75) is 19.9 Å². The van der Waals surface area contributed by atoms with E-state index in [0.29, 0.717) is 5.56 Å².